The maximum Gasteiger partial charge on any atom is 0.302 e. The number of hydrogen-bond donors (Lipinski definition) is 3. The van der Waals surface area contributed by atoms with Gasteiger partial charge in [0.2, 0.25) is 0 Å². The maximum atomic E-state index is 11.1. The lowest BCUT2D eigenvalue weighted by Gasteiger charge is -2.61. The molecule has 2 saturated carbocycles. The van der Waals surface area contributed by atoms with Crippen molar-refractivity contribution in [2.24, 2.45) is 28.1 Å². The third-order valence-corrected chi connectivity index (χ3v) is 8.03. The molecule has 3 rings (SSSR count). The fraction of sp³-hybridized carbons (Fsp3) is 0.864. The number of rotatable bonds is 4. The highest BCUT2D eigenvalue weighted by molar-refractivity contribution is 5.65. The average Bonchev–Trinajstić information content (AvgIpc) is 2.58. The lowest BCUT2D eigenvalue weighted by Crippen LogP contribution is -2.56. The molecule has 0 radical (unpaired) electrons. The summed E-state index contributed by atoms with van der Waals surface area (Å²) in [6, 6.07) is 0. The van der Waals surface area contributed by atoms with E-state index in [0.717, 1.165) is 32.1 Å². The minimum atomic E-state index is -0.708. The lowest BCUT2D eigenvalue weighted by atomic mass is 9.44. The molecule has 0 amide bonds. The van der Waals surface area contributed by atoms with E-state index in [1.165, 1.54) is 12.5 Å². The minimum Gasteiger partial charge on any atom is -0.463 e. The van der Waals surface area contributed by atoms with E-state index in [0.29, 0.717) is 18.3 Å². The number of carbonyl (C=O) groups excluding carboxylic acids is 1. The van der Waals surface area contributed by atoms with E-state index in [-0.39, 0.29) is 36.1 Å². The second-order valence-corrected chi connectivity index (χ2v) is 10.1. The molecule has 0 saturated heterocycles. The molecule has 2 fully saturated rings. The third-order valence-electron chi connectivity index (χ3n) is 8.03. The first-order chi connectivity index (χ1) is 12.5. The van der Waals surface area contributed by atoms with Crippen molar-refractivity contribution in [3.8, 4) is 0 Å². The molecule has 154 valence electrons. The first-order valence-electron chi connectivity index (χ1n) is 10.4. The Morgan fingerprint density at radius 3 is 2.63 bits per heavy atom. The van der Waals surface area contributed by atoms with Crippen LogP contribution in [-0.2, 0) is 9.53 Å². The quantitative estimate of drug-likeness (QED) is 0.516. The smallest absolute Gasteiger partial charge is 0.302 e. The SMILES string of the molecule is CC(=O)OC[C@@H](O)[C@]1(C)C=C2CC[C@@H]3[C@](C)(CO)C[C@@H](O)C[C@@]3(C)[C@@H]2CC1. The summed E-state index contributed by atoms with van der Waals surface area (Å²) >= 11 is 0. The van der Waals surface area contributed by atoms with Crippen LogP contribution in [0.5, 0.6) is 0 Å². The van der Waals surface area contributed by atoms with Crippen LogP contribution in [0.25, 0.3) is 0 Å². The molecule has 3 N–H and O–H groups in total. The number of aliphatic hydroxyl groups excluding tert-OH is 3. The molecular weight excluding hydrogens is 344 g/mol. The highest BCUT2D eigenvalue weighted by Gasteiger charge is 2.58. The maximum absolute atomic E-state index is 11.1. The molecule has 5 heteroatoms. The summed E-state index contributed by atoms with van der Waals surface area (Å²) in [5.74, 6) is 0.411. The van der Waals surface area contributed by atoms with E-state index in [2.05, 4.69) is 19.9 Å². The topological polar surface area (TPSA) is 87.0 Å². The number of esters is 1. The standard InChI is InChI=1S/C22H36O5/c1-14(24)27-12-19(26)20(2)8-7-17-15(9-20)5-6-18-21(3,13-23)10-16(25)11-22(17,18)4/h9,16-19,23,25-26H,5-8,10-13H2,1-4H3/t16-,17-,18-,19-,20+,21+,22+/m1/s1. The van der Waals surface area contributed by atoms with Crippen molar-refractivity contribution in [1.82, 2.24) is 0 Å². The molecule has 0 aromatic rings. The zero-order valence-electron chi connectivity index (χ0n) is 17.2. The van der Waals surface area contributed by atoms with Gasteiger partial charge < -0.3 is 20.1 Å². The van der Waals surface area contributed by atoms with Crippen LogP contribution in [-0.4, -0.2) is 46.7 Å². The Kier molecular flexibility index (Phi) is 5.52. The molecule has 0 unspecified atom stereocenters. The first kappa shape index (κ1) is 20.8. The van der Waals surface area contributed by atoms with Crippen LogP contribution in [0.1, 0.15) is 66.2 Å². The van der Waals surface area contributed by atoms with Crippen LogP contribution < -0.4 is 0 Å². The number of carbonyl (C=O) groups is 1. The number of allylic oxidation sites excluding steroid dienone is 1. The molecule has 3 aliphatic carbocycles. The highest BCUT2D eigenvalue weighted by Crippen LogP contribution is 2.63. The summed E-state index contributed by atoms with van der Waals surface area (Å²) in [7, 11) is 0. The molecule has 0 aromatic carbocycles. The highest BCUT2D eigenvalue weighted by atomic mass is 16.5. The number of fused-ring (bicyclic) bond motifs is 3. The van der Waals surface area contributed by atoms with Crippen molar-refractivity contribution in [2.45, 2.75) is 78.4 Å². The van der Waals surface area contributed by atoms with Crippen LogP contribution in [0.15, 0.2) is 11.6 Å². The Bertz CT molecular complexity index is 616. The summed E-state index contributed by atoms with van der Waals surface area (Å²) < 4.78 is 5.04. The van der Waals surface area contributed by atoms with Crippen LogP contribution in [0.2, 0.25) is 0 Å². The lowest BCUT2D eigenvalue weighted by molar-refractivity contribution is -0.147. The van der Waals surface area contributed by atoms with Gasteiger partial charge in [0.25, 0.3) is 0 Å². The van der Waals surface area contributed by atoms with Crippen molar-refractivity contribution in [2.75, 3.05) is 13.2 Å². The molecule has 7 atom stereocenters. The second-order valence-electron chi connectivity index (χ2n) is 10.1. The predicted molar refractivity (Wildman–Crippen MR) is 103 cm³/mol. The molecule has 27 heavy (non-hydrogen) atoms. The van der Waals surface area contributed by atoms with Crippen molar-refractivity contribution < 1.29 is 24.9 Å². The van der Waals surface area contributed by atoms with E-state index < -0.39 is 11.5 Å². The second kappa shape index (κ2) is 7.16. The Labute approximate surface area is 162 Å². The Morgan fingerprint density at radius 1 is 1.30 bits per heavy atom. The van der Waals surface area contributed by atoms with Gasteiger partial charge in [0.15, 0.2) is 0 Å². The van der Waals surface area contributed by atoms with Gasteiger partial charge in [0.1, 0.15) is 6.61 Å². The monoisotopic (exact) mass is 380 g/mol. The van der Waals surface area contributed by atoms with E-state index in [1.807, 2.05) is 6.92 Å². The average molecular weight is 381 g/mol. The first-order valence-corrected chi connectivity index (χ1v) is 10.4. The van der Waals surface area contributed by atoms with Gasteiger partial charge in [-0.25, -0.2) is 0 Å². The Balaban J connectivity index is 1.86. The van der Waals surface area contributed by atoms with Gasteiger partial charge in [-0.2, -0.15) is 0 Å². The summed E-state index contributed by atoms with van der Waals surface area (Å²) in [4.78, 5) is 11.1. The largest absolute Gasteiger partial charge is 0.463 e. The summed E-state index contributed by atoms with van der Waals surface area (Å²) in [6.45, 7) is 7.98. The summed E-state index contributed by atoms with van der Waals surface area (Å²) in [6.07, 6.45) is 6.39. The van der Waals surface area contributed by atoms with Gasteiger partial charge in [0.05, 0.1) is 12.2 Å². The Hall–Kier alpha value is -0.910. The van der Waals surface area contributed by atoms with Crippen LogP contribution in [0.3, 0.4) is 0 Å². The van der Waals surface area contributed by atoms with Gasteiger partial charge >= 0.3 is 5.97 Å². The van der Waals surface area contributed by atoms with Crippen LogP contribution in [0.4, 0.5) is 0 Å². The van der Waals surface area contributed by atoms with Gasteiger partial charge in [-0.1, -0.05) is 32.4 Å². The van der Waals surface area contributed by atoms with Crippen molar-refractivity contribution in [3.63, 3.8) is 0 Å². The molecule has 5 nitrogen and oxygen atoms in total. The van der Waals surface area contributed by atoms with E-state index in [9.17, 15) is 20.1 Å². The van der Waals surface area contributed by atoms with Crippen molar-refractivity contribution in [3.05, 3.63) is 11.6 Å². The van der Waals surface area contributed by atoms with Gasteiger partial charge in [-0.05, 0) is 61.2 Å². The van der Waals surface area contributed by atoms with E-state index >= 15 is 0 Å². The van der Waals surface area contributed by atoms with Crippen molar-refractivity contribution in [1.29, 1.82) is 0 Å². The fourth-order valence-corrected chi connectivity index (χ4v) is 6.63. The zero-order chi connectivity index (χ0) is 20.0. The van der Waals surface area contributed by atoms with Gasteiger partial charge in [0, 0.05) is 18.9 Å². The normalized spacial score (nSPS) is 45.3. The van der Waals surface area contributed by atoms with Crippen LogP contribution in [0, 0.1) is 28.1 Å². The van der Waals surface area contributed by atoms with Crippen molar-refractivity contribution >= 4 is 5.97 Å². The van der Waals surface area contributed by atoms with Gasteiger partial charge in [-0.15, -0.1) is 0 Å². The molecule has 0 bridgehead atoms. The van der Waals surface area contributed by atoms with E-state index in [4.69, 9.17) is 4.74 Å². The molecule has 0 aromatic heterocycles. The fourth-order valence-electron chi connectivity index (χ4n) is 6.63. The third kappa shape index (κ3) is 3.58. The number of aliphatic hydroxyl groups is 3. The number of hydrogen-bond acceptors (Lipinski definition) is 5. The zero-order valence-corrected chi connectivity index (χ0v) is 17.2. The molecule has 0 heterocycles. The van der Waals surface area contributed by atoms with Crippen LogP contribution >= 0.6 is 0 Å². The molecule has 3 aliphatic rings. The molecular formula is C22H36O5. The summed E-state index contributed by atoms with van der Waals surface area (Å²) in [5.41, 5.74) is 0.728. The minimum absolute atomic E-state index is 0.0264. The predicted octanol–water partition coefficient (Wildman–Crippen LogP) is 2.82. The number of ether oxygens (including phenoxy) is 1. The molecule has 0 aliphatic heterocycles. The Morgan fingerprint density at radius 2 is 2.00 bits per heavy atom. The molecule has 0 spiro atoms. The van der Waals surface area contributed by atoms with E-state index in [1.54, 1.807) is 0 Å². The summed E-state index contributed by atoms with van der Waals surface area (Å²) in [5, 5.41) is 31.3. The van der Waals surface area contributed by atoms with Gasteiger partial charge in [-0.3, -0.25) is 4.79 Å².